The first-order valence-corrected chi connectivity index (χ1v) is 10.5. The van der Waals surface area contributed by atoms with Gasteiger partial charge < -0.3 is 20.2 Å². The highest BCUT2D eigenvalue weighted by atomic mass is 16.3. The number of carbonyl (C=O) groups excluding carboxylic acids is 1. The highest BCUT2D eigenvalue weighted by Gasteiger charge is 2.13. The number of aromatic hydroxyl groups is 2. The Bertz CT molecular complexity index is 1610. The molecule has 2 aromatic heterocycles. The minimum atomic E-state index is -0.561. The van der Waals surface area contributed by atoms with Crippen LogP contribution in [0.5, 0.6) is 11.8 Å². The van der Waals surface area contributed by atoms with Crippen molar-refractivity contribution in [1.82, 2.24) is 9.97 Å². The molecule has 3 aromatic carbocycles. The lowest BCUT2D eigenvalue weighted by atomic mass is 10.1. The Labute approximate surface area is 193 Å². The van der Waals surface area contributed by atoms with Crippen molar-refractivity contribution in [2.75, 3.05) is 0 Å². The molecule has 0 aliphatic rings. The maximum Gasteiger partial charge on any atom is 0.295 e. The molecule has 0 aliphatic carbocycles. The van der Waals surface area contributed by atoms with Crippen molar-refractivity contribution in [2.45, 2.75) is 13.8 Å². The van der Waals surface area contributed by atoms with Crippen LogP contribution in [0, 0.1) is 13.8 Å². The first kappa shape index (κ1) is 21.1. The number of benzene rings is 3. The molecule has 0 atom stereocenters. The van der Waals surface area contributed by atoms with Crippen LogP contribution >= 0.6 is 0 Å². The molecule has 9 nitrogen and oxygen atoms in total. The van der Waals surface area contributed by atoms with Crippen molar-refractivity contribution in [2.24, 2.45) is 20.5 Å². The van der Waals surface area contributed by atoms with Gasteiger partial charge in [-0.3, -0.25) is 4.79 Å². The minimum absolute atomic E-state index is 0.0593. The summed E-state index contributed by atoms with van der Waals surface area (Å²) in [5.41, 5.74) is 4.85. The molecular formula is C25H20N6O3. The van der Waals surface area contributed by atoms with Gasteiger partial charge in [0, 0.05) is 16.3 Å². The second-order valence-electron chi connectivity index (χ2n) is 7.89. The van der Waals surface area contributed by atoms with Gasteiger partial charge >= 0.3 is 0 Å². The third-order valence-corrected chi connectivity index (χ3v) is 5.61. The molecule has 0 bridgehead atoms. The lowest BCUT2D eigenvalue weighted by Crippen LogP contribution is -1.92. The van der Waals surface area contributed by atoms with E-state index in [4.69, 9.17) is 0 Å². The number of rotatable bonds is 4. The van der Waals surface area contributed by atoms with Crippen LogP contribution in [0.4, 0.5) is 17.1 Å². The third-order valence-electron chi connectivity index (χ3n) is 5.61. The largest absolute Gasteiger partial charge is 0.493 e. The van der Waals surface area contributed by atoms with Gasteiger partial charge in [0.25, 0.3) is 5.91 Å². The molecule has 1 amide bonds. The lowest BCUT2D eigenvalue weighted by Gasteiger charge is -1.97. The number of carbonyl (C=O) groups is 1. The minimum Gasteiger partial charge on any atom is -0.493 e. The fraction of sp³-hybridized carbons (Fsp3) is 0.0800. The summed E-state index contributed by atoms with van der Waals surface area (Å²) >= 11 is 0. The number of H-pyrrole nitrogens is 2. The average Bonchev–Trinajstić information content (AvgIpc) is 3.33. The zero-order valence-corrected chi connectivity index (χ0v) is 18.4. The summed E-state index contributed by atoms with van der Waals surface area (Å²) in [6, 6.07) is 17.6. The maximum absolute atomic E-state index is 12.5. The summed E-state index contributed by atoms with van der Waals surface area (Å²) in [5.74, 6) is -0.766. The van der Waals surface area contributed by atoms with Gasteiger partial charge in [-0.05, 0) is 49.2 Å². The Hall–Kier alpha value is -4.79. The zero-order chi connectivity index (χ0) is 23.8. The monoisotopic (exact) mass is 452 g/mol. The molecule has 168 valence electrons. The van der Waals surface area contributed by atoms with Crippen LogP contribution in [0.3, 0.4) is 0 Å². The molecule has 5 aromatic rings. The molecule has 0 aliphatic heterocycles. The molecular weight excluding hydrogens is 432 g/mol. The fourth-order valence-electron chi connectivity index (χ4n) is 3.81. The topological polar surface area (TPSA) is 139 Å². The summed E-state index contributed by atoms with van der Waals surface area (Å²) in [7, 11) is 0. The van der Waals surface area contributed by atoms with Crippen LogP contribution in [0.2, 0.25) is 0 Å². The third kappa shape index (κ3) is 3.69. The Kier molecular flexibility index (Phi) is 5.14. The van der Waals surface area contributed by atoms with Gasteiger partial charge in [0.2, 0.25) is 11.8 Å². The van der Waals surface area contributed by atoms with Crippen molar-refractivity contribution in [3.8, 4) is 11.8 Å². The molecule has 0 spiro atoms. The van der Waals surface area contributed by atoms with Gasteiger partial charge in [0.1, 0.15) is 0 Å². The molecule has 0 fully saturated rings. The van der Waals surface area contributed by atoms with Crippen molar-refractivity contribution in [3.05, 3.63) is 77.4 Å². The molecule has 2 heterocycles. The zero-order valence-electron chi connectivity index (χ0n) is 18.4. The molecule has 34 heavy (non-hydrogen) atoms. The van der Waals surface area contributed by atoms with E-state index < -0.39 is 5.91 Å². The number of para-hydroxylation sites is 2. The van der Waals surface area contributed by atoms with E-state index in [1.807, 2.05) is 44.2 Å². The first-order valence-electron chi connectivity index (χ1n) is 10.5. The standard InChI is InChI=1S/C25H20N6O3/c1-13-5-3-7-17-19(13)26-24(33)21(17)29-28-16-11-9-15(10-12-16)23(32)31-30-22-18-8-4-6-14(2)20(18)27-25(22)34/h3-12,26-27,33-34H,1-2H3. The molecule has 5 rings (SSSR count). The van der Waals surface area contributed by atoms with E-state index in [-0.39, 0.29) is 17.4 Å². The number of nitrogens with one attached hydrogen (secondary N) is 2. The summed E-state index contributed by atoms with van der Waals surface area (Å²) in [6.07, 6.45) is 0. The molecule has 4 N–H and O–H groups in total. The smallest absolute Gasteiger partial charge is 0.295 e. The SMILES string of the molecule is Cc1cccc2c(N=NC(=O)c3ccc(N=Nc4c(O)[nH]c5c(C)cccc45)cc3)c(O)[nH]c12. The molecule has 0 saturated carbocycles. The second-order valence-corrected chi connectivity index (χ2v) is 7.89. The van der Waals surface area contributed by atoms with E-state index >= 15 is 0 Å². The summed E-state index contributed by atoms with van der Waals surface area (Å²) < 4.78 is 0. The van der Waals surface area contributed by atoms with E-state index in [1.54, 1.807) is 30.3 Å². The second kappa shape index (κ2) is 8.28. The van der Waals surface area contributed by atoms with Crippen molar-refractivity contribution in [1.29, 1.82) is 0 Å². The van der Waals surface area contributed by atoms with Crippen LogP contribution in [0.15, 0.2) is 81.1 Å². The fourth-order valence-corrected chi connectivity index (χ4v) is 3.81. The number of hydrogen-bond acceptors (Lipinski definition) is 6. The van der Waals surface area contributed by atoms with Gasteiger partial charge in [0.15, 0.2) is 11.4 Å². The van der Waals surface area contributed by atoms with E-state index in [1.165, 1.54) is 0 Å². The Morgan fingerprint density at radius 3 is 1.79 bits per heavy atom. The Morgan fingerprint density at radius 1 is 0.706 bits per heavy atom. The number of amides is 1. The highest BCUT2D eigenvalue weighted by Crippen LogP contribution is 2.38. The molecule has 9 heteroatoms. The number of hydrogen-bond donors (Lipinski definition) is 4. The van der Waals surface area contributed by atoms with Crippen molar-refractivity contribution in [3.63, 3.8) is 0 Å². The van der Waals surface area contributed by atoms with Gasteiger partial charge in [-0.1, -0.05) is 36.4 Å². The number of azo groups is 2. The highest BCUT2D eigenvalue weighted by molar-refractivity contribution is 5.98. The van der Waals surface area contributed by atoms with Crippen LogP contribution in [0.1, 0.15) is 21.5 Å². The van der Waals surface area contributed by atoms with Gasteiger partial charge in [-0.2, -0.15) is 5.11 Å². The van der Waals surface area contributed by atoms with Gasteiger partial charge in [0.05, 0.1) is 16.7 Å². The van der Waals surface area contributed by atoms with E-state index in [9.17, 15) is 15.0 Å². The quantitative estimate of drug-likeness (QED) is 0.218. The summed E-state index contributed by atoms with van der Waals surface area (Å²) in [6.45, 7) is 3.84. The number of aromatic nitrogens is 2. The van der Waals surface area contributed by atoms with Crippen LogP contribution in [-0.2, 0) is 0 Å². The van der Waals surface area contributed by atoms with E-state index in [2.05, 4.69) is 30.4 Å². The van der Waals surface area contributed by atoms with E-state index in [0.29, 0.717) is 22.3 Å². The lowest BCUT2D eigenvalue weighted by molar-refractivity contribution is 0.0995. The van der Waals surface area contributed by atoms with E-state index in [0.717, 1.165) is 27.5 Å². The van der Waals surface area contributed by atoms with Crippen molar-refractivity contribution >= 4 is 44.8 Å². The van der Waals surface area contributed by atoms with Gasteiger partial charge in [-0.15, -0.1) is 15.3 Å². The predicted molar refractivity (Wildman–Crippen MR) is 129 cm³/mol. The molecule has 0 unspecified atom stereocenters. The maximum atomic E-state index is 12.5. The number of fused-ring (bicyclic) bond motifs is 2. The van der Waals surface area contributed by atoms with Gasteiger partial charge in [-0.25, -0.2) is 0 Å². The molecule has 0 radical (unpaired) electrons. The predicted octanol–water partition coefficient (Wildman–Crippen LogP) is 7.02. The number of aryl methyl sites for hydroxylation is 2. The summed E-state index contributed by atoms with van der Waals surface area (Å²) in [5, 5.41) is 37.9. The van der Waals surface area contributed by atoms with Crippen LogP contribution in [-0.4, -0.2) is 26.1 Å². The number of aromatic amines is 2. The molecule has 0 saturated heterocycles. The van der Waals surface area contributed by atoms with Crippen LogP contribution < -0.4 is 0 Å². The Morgan fingerprint density at radius 2 is 1.24 bits per heavy atom. The van der Waals surface area contributed by atoms with Crippen molar-refractivity contribution < 1.29 is 15.0 Å². The normalized spacial score (nSPS) is 11.9. The number of nitrogens with zero attached hydrogens (tertiary/aromatic N) is 4. The van der Waals surface area contributed by atoms with Crippen LogP contribution in [0.25, 0.3) is 21.8 Å². The summed E-state index contributed by atoms with van der Waals surface area (Å²) in [4.78, 5) is 18.3. The Balaban J connectivity index is 1.35. The first-order chi connectivity index (χ1) is 16.4. The average molecular weight is 452 g/mol.